The van der Waals surface area contributed by atoms with Crippen molar-refractivity contribution in [2.24, 2.45) is 0 Å². The first-order chi connectivity index (χ1) is 10.6. The first-order valence-corrected chi connectivity index (χ1v) is 7.20. The molecule has 6 heteroatoms. The third-order valence-corrected chi connectivity index (χ3v) is 4.04. The third-order valence-electron chi connectivity index (χ3n) is 4.04. The minimum absolute atomic E-state index is 0.00162. The van der Waals surface area contributed by atoms with Crippen LogP contribution in [0.3, 0.4) is 0 Å². The Labute approximate surface area is 127 Å². The molecule has 1 aliphatic carbocycles. The fraction of sp³-hybridized carbons (Fsp3) is 0.312. The lowest BCUT2D eigenvalue weighted by Gasteiger charge is -2.14. The fourth-order valence-corrected chi connectivity index (χ4v) is 2.93. The highest BCUT2D eigenvalue weighted by Gasteiger charge is 2.25. The summed E-state index contributed by atoms with van der Waals surface area (Å²) in [6.45, 7) is 0. The first kappa shape index (κ1) is 14.1. The summed E-state index contributed by atoms with van der Waals surface area (Å²) in [4.78, 5) is 8.60. The van der Waals surface area contributed by atoms with E-state index in [0.717, 1.165) is 25.7 Å². The Kier molecular flexibility index (Phi) is 3.55. The summed E-state index contributed by atoms with van der Waals surface area (Å²) in [5.74, 6) is 0.489. The van der Waals surface area contributed by atoms with Gasteiger partial charge >= 0.3 is 0 Å². The lowest BCUT2D eigenvalue weighted by molar-refractivity contribution is 0.461. The highest BCUT2D eigenvalue weighted by molar-refractivity contribution is 5.68. The van der Waals surface area contributed by atoms with Gasteiger partial charge < -0.3 is 15.9 Å². The van der Waals surface area contributed by atoms with Crippen molar-refractivity contribution in [2.45, 2.75) is 31.6 Å². The molecule has 6 nitrogen and oxygen atoms in total. The van der Waals surface area contributed by atoms with E-state index < -0.39 is 0 Å². The van der Waals surface area contributed by atoms with Gasteiger partial charge in [-0.25, -0.2) is 9.97 Å². The molecule has 1 aliphatic rings. The molecule has 1 fully saturated rings. The van der Waals surface area contributed by atoms with Gasteiger partial charge in [0.1, 0.15) is 28.9 Å². The van der Waals surface area contributed by atoms with Gasteiger partial charge in [-0.2, -0.15) is 5.26 Å². The van der Waals surface area contributed by atoms with Crippen LogP contribution in [0.15, 0.2) is 18.2 Å². The van der Waals surface area contributed by atoms with Crippen LogP contribution in [0.25, 0.3) is 11.4 Å². The molecule has 0 spiro atoms. The molecule has 1 aromatic heterocycles. The van der Waals surface area contributed by atoms with Crippen LogP contribution < -0.4 is 5.73 Å². The minimum atomic E-state index is -0.0423. The van der Waals surface area contributed by atoms with Crippen LogP contribution in [0.1, 0.15) is 42.9 Å². The Balaban J connectivity index is 2.17. The molecule has 0 atom stereocenters. The molecule has 3 rings (SSSR count). The lowest BCUT2D eigenvalue weighted by atomic mass is 9.99. The van der Waals surface area contributed by atoms with E-state index in [2.05, 4.69) is 16.0 Å². The van der Waals surface area contributed by atoms with Crippen LogP contribution in [0.2, 0.25) is 0 Å². The van der Waals surface area contributed by atoms with E-state index in [1.165, 1.54) is 18.2 Å². The molecule has 0 bridgehead atoms. The SMILES string of the molecule is N#Cc1c(N)nc(-c2cc(O)ccc2O)nc1C1CCCC1. The number of aromatic nitrogens is 2. The maximum atomic E-state index is 9.97. The van der Waals surface area contributed by atoms with E-state index in [1.54, 1.807) is 0 Å². The summed E-state index contributed by atoms with van der Waals surface area (Å²) in [5, 5.41) is 28.9. The number of nitrogens with zero attached hydrogens (tertiary/aromatic N) is 3. The number of nitrogens with two attached hydrogens (primary N) is 1. The highest BCUT2D eigenvalue weighted by atomic mass is 16.3. The number of hydrogen-bond acceptors (Lipinski definition) is 6. The van der Waals surface area contributed by atoms with Crippen molar-refractivity contribution in [2.75, 3.05) is 5.73 Å². The molecule has 0 aliphatic heterocycles. The quantitative estimate of drug-likeness (QED) is 0.734. The van der Waals surface area contributed by atoms with E-state index in [-0.39, 0.29) is 29.1 Å². The van der Waals surface area contributed by atoms with Gasteiger partial charge in [0.2, 0.25) is 0 Å². The third kappa shape index (κ3) is 2.42. The molecule has 22 heavy (non-hydrogen) atoms. The number of phenolic OH excluding ortho intramolecular Hbond substituents is 2. The largest absolute Gasteiger partial charge is 0.508 e. The topological polar surface area (TPSA) is 116 Å². The standard InChI is InChI=1S/C16H16N4O2/c17-8-12-14(9-3-1-2-4-9)19-16(20-15(12)18)11-7-10(21)5-6-13(11)22/h5-7,9,21-22H,1-4H2,(H2,18,19,20). The minimum Gasteiger partial charge on any atom is -0.508 e. The normalized spacial score (nSPS) is 14.9. The first-order valence-electron chi connectivity index (χ1n) is 7.20. The summed E-state index contributed by atoms with van der Waals surface area (Å²) in [6, 6.07) is 6.22. The molecule has 4 N–H and O–H groups in total. The second-order valence-corrected chi connectivity index (χ2v) is 5.49. The molecular formula is C16H16N4O2. The Bertz CT molecular complexity index is 761. The van der Waals surface area contributed by atoms with Gasteiger partial charge in [-0.3, -0.25) is 0 Å². The van der Waals surface area contributed by atoms with Crippen LogP contribution in [-0.4, -0.2) is 20.2 Å². The maximum Gasteiger partial charge on any atom is 0.165 e. The van der Waals surface area contributed by atoms with Crippen molar-refractivity contribution >= 4 is 5.82 Å². The van der Waals surface area contributed by atoms with Gasteiger partial charge in [-0.1, -0.05) is 12.8 Å². The Morgan fingerprint density at radius 1 is 1.18 bits per heavy atom. The zero-order valence-corrected chi connectivity index (χ0v) is 12.0. The van der Waals surface area contributed by atoms with Gasteiger partial charge in [-0.15, -0.1) is 0 Å². The Hall–Kier alpha value is -2.81. The van der Waals surface area contributed by atoms with Crippen molar-refractivity contribution in [1.29, 1.82) is 5.26 Å². The second kappa shape index (κ2) is 5.53. The van der Waals surface area contributed by atoms with E-state index in [9.17, 15) is 15.5 Å². The van der Waals surface area contributed by atoms with Crippen LogP contribution in [0.4, 0.5) is 5.82 Å². The number of rotatable bonds is 2. The number of aromatic hydroxyl groups is 2. The summed E-state index contributed by atoms with van der Waals surface area (Å²) < 4.78 is 0. The average molecular weight is 296 g/mol. The summed E-state index contributed by atoms with van der Waals surface area (Å²) in [6.07, 6.45) is 4.14. The van der Waals surface area contributed by atoms with Gasteiger partial charge in [0.15, 0.2) is 5.82 Å². The van der Waals surface area contributed by atoms with Crippen LogP contribution in [0.5, 0.6) is 11.5 Å². The number of nitriles is 1. The number of nitrogen functional groups attached to an aromatic ring is 1. The number of benzene rings is 1. The highest BCUT2D eigenvalue weighted by Crippen LogP contribution is 2.38. The molecule has 2 aromatic rings. The zero-order valence-electron chi connectivity index (χ0n) is 12.0. The van der Waals surface area contributed by atoms with Gasteiger partial charge in [0.05, 0.1) is 11.3 Å². The maximum absolute atomic E-state index is 9.97. The van der Waals surface area contributed by atoms with E-state index in [0.29, 0.717) is 16.8 Å². The Morgan fingerprint density at radius 2 is 1.91 bits per heavy atom. The van der Waals surface area contributed by atoms with Crippen molar-refractivity contribution in [3.05, 3.63) is 29.5 Å². The van der Waals surface area contributed by atoms with Crippen LogP contribution in [0, 0.1) is 11.3 Å². The zero-order chi connectivity index (χ0) is 15.7. The molecular weight excluding hydrogens is 280 g/mol. The molecule has 0 unspecified atom stereocenters. The van der Waals surface area contributed by atoms with Gasteiger partial charge in [0.25, 0.3) is 0 Å². The molecule has 1 heterocycles. The monoisotopic (exact) mass is 296 g/mol. The molecule has 0 saturated heterocycles. The van der Waals surface area contributed by atoms with E-state index in [1.807, 2.05) is 0 Å². The predicted octanol–water partition coefficient (Wildman–Crippen LogP) is 2.67. The number of hydrogen-bond donors (Lipinski definition) is 3. The average Bonchev–Trinajstić information content (AvgIpc) is 3.03. The lowest BCUT2D eigenvalue weighted by Crippen LogP contribution is -2.08. The van der Waals surface area contributed by atoms with Crippen molar-refractivity contribution < 1.29 is 10.2 Å². The van der Waals surface area contributed by atoms with E-state index in [4.69, 9.17) is 5.73 Å². The van der Waals surface area contributed by atoms with Gasteiger partial charge in [0, 0.05) is 5.92 Å². The predicted molar refractivity (Wildman–Crippen MR) is 81.1 cm³/mol. The Morgan fingerprint density at radius 3 is 2.59 bits per heavy atom. The smallest absolute Gasteiger partial charge is 0.165 e. The summed E-state index contributed by atoms with van der Waals surface area (Å²) in [5.41, 5.74) is 7.17. The molecule has 0 amide bonds. The van der Waals surface area contributed by atoms with Crippen molar-refractivity contribution in [3.8, 4) is 29.0 Å². The van der Waals surface area contributed by atoms with Crippen molar-refractivity contribution in [1.82, 2.24) is 9.97 Å². The van der Waals surface area contributed by atoms with Crippen molar-refractivity contribution in [3.63, 3.8) is 0 Å². The number of anilines is 1. The molecule has 112 valence electrons. The molecule has 0 radical (unpaired) electrons. The molecule has 1 saturated carbocycles. The number of phenols is 2. The molecule has 1 aromatic carbocycles. The summed E-state index contributed by atoms with van der Waals surface area (Å²) in [7, 11) is 0. The van der Waals surface area contributed by atoms with Gasteiger partial charge in [-0.05, 0) is 31.0 Å². The summed E-state index contributed by atoms with van der Waals surface area (Å²) >= 11 is 0. The van der Waals surface area contributed by atoms with E-state index >= 15 is 0 Å². The fourth-order valence-electron chi connectivity index (χ4n) is 2.93. The van der Waals surface area contributed by atoms with Crippen LogP contribution >= 0.6 is 0 Å². The van der Waals surface area contributed by atoms with Crippen LogP contribution in [-0.2, 0) is 0 Å². The second-order valence-electron chi connectivity index (χ2n) is 5.49.